The fourth-order valence-corrected chi connectivity index (χ4v) is 1.78. The maximum atomic E-state index is 10.8. The molecule has 1 heterocycles. The molecule has 0 amide bonds. The van der Waals surface area contributed by atoms with Crippen LogP contribution in [0.1, 0.15) is 5.56 Å². The molecule has 0 unspecified atom stereocenters. The molecule has 100 valence electrons. The van der Waals surface area contributed by atoms with Gasteiger partial charge in [0.1, 0.15) is 5.75 Å². The van der Waals surface area contributed by atoms with Gasteiger partial charge >= 0.3 is 5.97 Å². The molecule has 0 aliphatic heterocycles. The number of hydrogen-bond donors (Lipinski definition) is 1. The minimum Gasteiger partial charge on any atom is -0.497 e. The number of carboxylic acids is 1. The summed E-state index contributed by atoms with van der Waals surface area (Å²) in [5.74, 6) is 0.237. The summed E-state index contributed by atoms with van der Waals surface area (Å²) >= 11 is 0. The first kappa shape index (κ1) is 12.9. The highest BCUT2D eigenvalue weighted by Crippen LogP contribution is 2.24. The van der Waals surface area contributed by atoms with Crippen molar-refractivity contribution < 1.29 is 19.4 Å². The highest BCUT2D eigenvalue weighted by Gasteiger charge is 2.15. The maximum Gasteiger partial charge on any atom is 0.308 e. The van der Waals surface area contributed by atoms with E-state index in [0.29, 0.717) is 11.4 Å². The van der Waals surface area contributed by atoms with Crippen molar-refractivity contribution in [2.45, 2.75) is 6.42 Å². The van der Waals surface area contributed by atoms with Crippen molar-refractivity contribution in [1.82, 2.24) is 9.78 Å². The number of nitrogens with zero attached hydrogens (tertiary/aromatic N) is 2. The third kappa shape index (κ3) is 2.67. The zero-order chi connectivity index (χ0) is 13.8. The minimum atomic E-state index is -0.924. The number of aliphatic carboxylic acids is 1. The fourth-order valence-electron chi connectivity index (χ4n) is 1.78. The Bertz CT molecular complexity index is 575. The highest BCUT2D eigenvalue weighted by atomic mass is 16.5. The lowest BCUT2D eigenvalue weighted by molar-refractivity contribution is -0.136. The van der Waals surface area contributed by atoms with Gasteiger partial charge in [-0.3, -0.25) is 4.79 Å². The first-order chi connectivity index (χ1) is 9.15. The van der Waals surface area contributed by atoms with Gasteiger partial charge in [0.15, 0.2) is 0 Å². The second-order valence-electron chi connectivity index (χ2n) is 3.86. The molecule has 2 rings (SSSR count). The van der Waals surface area contributed by atoms with Gasteiger partial charge in [-0.25, -0.2) is 4.68 Å². The Labute approximate surface area is 110 Å². The van der Waals surface area contributed by atoms with Gasteiger partial charge in [0, 0.05) is 5.56 Å². The van der Waals surface area contributed by atoms with E-state index < -0.39 is 5.97 Å². The number of benzene rings is 1. The molecule has 6 nitrogen and oxygen atoms in total. The SMILES string of the molecule is COc1ccc(-n2ncc(CC(=O)O)c2OC)cc1. The van der Waals surface area contributed by atoms with Gasteiger partial charge in [-0.2, -0.15) is 5.10 Å². The molecule has 0 saturated carbocycles. The van der Waals surface area contributed by atoms with Crippen molar-refractivity contribution in [2.75, 3.05) is 14.2 Å². The van der Waals surface area contributed by atoms with Crippen LogP contribution < -0.4 is 9.47 Å². The second kappa shape index (κ2) is 5.43. The lowest BCUT2D eigenvalue weighted by Crippen LogP contribution is -2.04. The summed E-state index contributed by atoms with van der Waals surface area (Å²) < 4.78 is 11.9. The number of hydrogen-bond acceptors (Lipinski definition) is 4. The first-order valence-corrected chi connectivity index (χ1v) is 5.63. The summed E-state index contributed by atoms with van der Waals surface area (Å²) in [5, 5.41) is 13.0. The van der Waals surface area contributed by atoms with E-state index in [0.717, 1.165) is 11.4 Å². The van der Waals surface area contributed by atoms with Gasteiger partial charge in [-0.1, -0.05) is 0 Å². The third-order valence-electron chi connectivity index (χ3n) is 2.65. The zero-order valence-electron chi connectivity index (χ0n) is 10.7. The molecule has 0 spiro atoms. The minimum absolute atomic E-state index is 0.126. The van der Waals surface area contributed by atoms with Crippen LogP contribution in [0.2, 0.25) is 0 Å². The molecule has 19 heavy (non-hydrogen) atoms. The van der Waals surface area contributed by atoms with Gasteiger partial charge in [0.2, 0.25) is 5.88 Å². The van der Waals surface area contributed by atoms with E-state index in [9.17, 15) is 4.79 Å². The summed E-state index contributed by atoms with van der Waals surface area (Å²) in [6.45, 7) is 0. The number of aromatic nitrogens is 2. The predicted molar refractivity (Wildman–Crippen MR) is 68.0 cm³/mol. The van der Waals surface area contributed by atoms with Gasteiger partial charge in [-0.15, -0.1) is 0 Å². The summed E-state index contributed by atoms with van der Waals surface area (Å²) in [5.41, 5.74) is 1.31. The molecule has 1 N–H and O–H groups in total. The van der Waals surface area contributed by atoms with E-state index in [-0.39, 0.29) is 6.42 Å². The van der Waals surface area contributed by atoms with Crippen molar-refractivity contribution in [2.24, 2.45) is 0 Å². The molecule has 0 saturated heterocycles. The van der Waals surface area contributed by atoms with Crippen LogP contribution in [0.5, 0.6) is 11.6 Å². The molecule has 1 aromatic carbocycles. The van der Waals surface area contributed by atoms with Crippen LogP contribution in [-0.2, 0) is 11.2 Å². The molecule has 0 bridgehead atoms. The third-order valence-corrected chi connectivity index (χ3v) is 2.65. The Morgan fingerprint density at radius 2 is 1.95 bits per heavy atom. The number of carboxylic acid groups (broad SMARTS) is 1. The number of methoxy groups -OCH3 is 2. The van der Waals surface area contributed by atoms with Crippen LogP contribution in [0.4, 0.5) is 0 Å². The molecule has 0 aliphatic rings. The Kier molecular flexibility index (Phi) is 3.70. The van der Waals surface area contributed by atoms with Crippen molar-refractivity contribution >= 4 is 5.97 Å². The lowest BCUT2D eigenvalue weighted by atomic mass is 10.2. The normalized spacial score (nSPS) is 10.2. The maximum absolute atomic E-state index is 10.8. The molecule has 2 aromatic rings. The Balaban J connectivity index is 2.38. The number of rotatable bonds is 5. The molecule has 1 aromatic heterocycles. The van der Waals surface area contributed by atoms with Crippen molar-refractivity contribution in [3.63, 3.8) is 0 Å². The van der Waals surface area contributed by atoms with Crippen LogP contribution in [0.3, 0.4) is 0 Å². The van der Waals surface area contributed by atoms with E-state index in [1.54, 1.807) is 23.9 Å². The Morgan fingerprint density at radius 1 is 1.26 bits per heavy atom. The Morgan fingerprint density at radius 3 is 2.47 bits per heavy atom. The van der Waals surface area contributed by atoms with Crippen LogP contribution in [0.15, 0.2) is 30.5 Å². The lowest BCUT2D eigenvalue weighted by Gasteiger charge is -2.08. The van der Waals surface area contributed by atoms with Crippen molar-refractivity contribution in [3.8, 4) is 17.3 Å². The molecule has 0 fully saturated rings. The number of ether oxygens (including phenoxy) is 2. The van der Waals surface area contributed by atoms with Crippen LogP contribution in [0.25, 0.3) is 5.69 Å². The summed E-state index contributed by atoms with van der Waals surface area (Å²) in [7, 11) is 3.08. The number of carbonyl (C=O) groups is 1. The van der Waals surface area contributed by atoms with Gasteiger partial charge in [0.05, 0.1) is 32.5 Å². The second-order valence-corrected chi connectivity index (χ2v) is 3.86. The van der Waals surface area contributed by atoms with Gasteiger partial charge < -0.3 is 14.6 Å². The van der Waals surface area contributed by atoms with E-state index in [1.807, 2.05) is 12.1 Å². The van der Waals surface area contributed by atoms with E-state index >= 15 is 0 Å². The van der Waals surface area contributed by atoms with Crippen molar-refractivity contribution in [1.29, 1.82) is 0 Å². The van der Waals surface area contributed by atoms with Crippen LogP contribution in [-0.4, -0.2) is 35.1 Å². The smallest absolute Gasteiger partial charge is 0.308 e. The van der Waals surface area contributed by atoms with Gasteiger partial charge in [-0.05, 0) is 24.3 Å². The molecule has 0 radical (unpaired) electrons. The quantitative estimate of drug-likeness (QED) is 0.884. The monoisotopic (exact) mass is 262 g/mol. The molecular formula is C13H14N2O4. The molecule has 6 heteroatoms. The summed E-state index contributed by atoms with van der Waals surface area (Å²) in [6, 6.07) is 7.23. The van der Waals surface area contributed by atoms with Gasteiger partial charge in [0.25, 0.3) is 0 Å². The molecule has 0 atom stereocenters. The molecule has 0 aliphatic carbocycles. The average molecular weight is 262 g/mol. The standard InChI is InChI=1S/C13H14N2O4/c1-18-11-5-3-10(4-6-11)15-13(19-2)9(8-14-15)7-12(16)17/h3-6,8H,7H2,1-2H3,(H,16,17). The topological polar surface area (TPSA) is 73.6 Å². The van der Waals surface area contributed by atoms with Crippen molar-refractivity contribution in [3.05, 3.63) is 36.0 Å². The fraction of sp³-hybridized carbons (Fsp3) is 0.231. The Hall–Kier alpha value is -2.50. The predicted octanol–water partition coefficient (Wildman–Crippen LogP) is 1.52. The van der Waals surface area contributed by atoms with E-state index in [4.69, 9.17) is 14.6 Å². The molecular weight excluding hydrogens is 248 g/mol. The summed E-state index contributed by atoms with van der Waals surface area (Å²) in [6.07, 6.45) is 1.37. The largest absolute Gasteiger partial charge is 0.497 e. The highest BCUT2D eigenvalue weighted by molar-refractivity contribution is 5.71. The van der Waals surface area contributed by atoms with Crippen LogP contribution in [0, 0.1) is 0 Å². The van der Waals surface area contributed by atoms with Crippen LogP contribution >= 0.6 is 0 Å². The average Bonchev–Trinajstić information content (AvgIpc) is 2.80. The summed E-state index contributed by atoms with van der Waals surface area (Å²) in [4.78, 5) is 10.8. The first-order valence-electron chi connectivity index (χ1n) is 5.63. The zero-order valence-corrected chi connectivity index (χ0v) is 10.7. The van der Waals surface area contributed by atoms with E-state index in [2.05, 4.69) is 5.10 Å². The van der Waals surface area contributed by atoms with E-state index in [1.165, 1.54) is 13.3 Å².